The van der Waals surface area contributed by atoms with Gasteiger partial charge in [0.2, 0.25) is 0 Å². The van der Waals surface area contributed by atoms with Gasteiger partial charge in [-0.2, -0.15) is 0 Å². The normalized spacial score (nSPS) is 14.4. The molecule has 0 spiro atoms. The van der Waals surface area contributed by atoms with E-state index in [1.165, 1.54) is 0 Å². The van der Waals surface area contributed by atoms with Crippen molar-refractivity contribution in [2.45, 2.75) is 39.2 Å². The molecule has 1 aromatic carbocycles. The third-order valence-electron chi connectivity index (χ3n) is 5.41. The van der Waals surface area contributed by atoms with E-state index in [0.29, 0.717) is 42.6 Å². The van der Waals surface area contributed by atoms with E-state index < -0.39 is 5.60 Å². The highest BCUT2D eigenvalue weighted by atomic mass is 16.6. The molecule has 0 aliphatic carbocycles. The van der Waals surface area contributed by atoms with Crippen LogP contribution in [0.1, 0.15) is 44.0 Å². The molecule has 2 amide bonds. The van der Waals surface area contributed by atoms with Crippen molar-refractivity contribution in [2.75, 3.05) is 26.2 Å². The lowest BCUT2D eigenvalue weighted by Gasteiger charge is -2.33. The monoisotopic (exact) mass is 466 g/mol. The Labute approximate surface area is 201 Å². The molecule has 34 heavy (non-hydrogen) atoms. The van der Waals surface area contributed by atoms with Crippen molar-refractivity contribution >= 4 is 12.0 Å². The van der Waals surface area contributed by atoms with Crippen molar-refractivity contribution < 1.29 is 19.1 Å². The lowest BCUT2D eigenvalue weighted by atomic mass is 9.98. The number of nitrogens with two attached hydrogens (primary N) is 1. The predicted octanol–water partition coefficient (Wildman–Crippen LogP) is 3.98. The Balaban J connectivity index is 1.46. The molecule has 182 valence electrons. The Morgan fingerprint density at radius 3 is 2.38 bits per heavy atom. The van der Waals surface area contributed by atoms with E-state index in [4.69, 9.17) is 15.2 Å². The first-order valence-electron chi connectivity index (χ1n) is 11.5. The largest absolute Gasteiger partial charge is 0.492 e. The Kier molecular flexibility index (Phi) is 8.15. The van der Waals surface area contributed by atoms with Gasteiger partial charge in [-0.1, -0.05) is 18.7 Å². The Morgan fingerprint density at radius 1 is 1.15 bits per heavy atom. The zero-order valence-corrected chi connectivity index (χ0v) is 20.2. The zero-order chi connectivity index (χ0) is 24.7. The smallest absolute Gasteiger partial charge is 0.410 e. The van der Waals surface area contributed by atoms with Crippen molar-refractivity contribution in [1.29, 1.82) is 0 Å². The van der Waals surface area contributed by atoms with Crippen LogP contribution in [0.2, 0.25) is 0 Å². The van der Waals surface area contributed by atoms with Crippen LogP contribution in [0.4, 0.5) is 4.79 Å². The van der Waals surface area contributed by atoms with E-state index in [0.717, 1.165) is 24.1 Å². The number of carbonyl (C=O) groups excluding carboxylic acids is 2. The van der Waals surface area contributed by atoms with Gasteiger partial charge in [-0.3, -0.25) is 9.78 Å². The molecule has 1 aliphatic rings. The summed E-state index contributed by atoms with van der Waals surface area (Å²) in [5, 5.41) is 2.70. The Morgan fingerprint density at radius 2 is 1.82 bits per heavy atom. The molecule has 8 nitrogen and oxygen atoms in total. The third kappa shape index (κ3) is 7.50. The van der Waals surface area contributed by atoms with Gasteiger partial charge in [0, 0.05) is 29.9 Å². The number of hydrogen-bond acceptors (Lipinski definition) is 6. The van der Waals surface area contributed by atoms with Gasteiger partial charge < -0.3 is 25.4 Å². The maximum Gasteiger partial charge on any atom is 0.410 e. The Bertz CT molecular complexity index is 989. The highest BCUT2D eigenvalue weighted by molar-refractivity contribution is 5.94. The molecule has 1 aliphatic heterocycles. The van der Waals surface area contributed by atoms with Crippen LogP contribution in [0.25, 0.3) is 11.3 Å². The van der Waals surface area contributed by atoms with Gasteiger partial charge in [-0.25, -0.2) is 4.79 Å². The number of rotatable bonds is 7. The van der Waals surface area contributed by atoms with E-state index in [2.05, 4.69) is 16.9 Å². The van der Waals surface area contributed by atoms with Gasteiger partial charge in [0.15, 0.2) is 0 Å². The van der Waals surface area contributed by atoms with E-state index >= 15 is 0 Å². The fraction of sp³-hybridized carbons (Fsp3) is 0.423. The number of piperidine rings is 1. The zero-order valence-electron chi connectivity index (χ0n) is 20.2. The van der Waals surface area contributed by atoms with Crippen molar-refractivity contribution in [3.8, 4) is 17.0 Å². The average molecular weight is 467 g/mol. The Hall–Kier alpha value is -3.55. The number of ether oxygens (including phenoxy) is 2. The van der Waals surface area contributed by atoms with Crippen LogP contribution in [-0.2, 0) is 4.74 Å². The molecule has 0 saturated carbocycles. The molecule has 1 saturated heterocycles. The fourth-order valence-electron chi connectivity index (χ4n) is 3.55. The van der Waals surface area contributed by atoms with E-state index in [1.54, 1.807) is 23.2 Å². The number of aromatic nitrogens is 1. The van der Waals surface area contributed by atoms with Crippen LogP contribution in [-0.4, -0.2) is 53.7 Å². The quantitative estimate of drug-likeness (QED) is 0.639. The molecule has 2 heterocycles. The van der Waals surface area contributed by atoms with Gasteiger partial charge >= 0.3 is 6.09 Å². The van der Waals surface area contributed by atoms with Crippen LogP contribution in [0.3, 0.4) is 0 Å². The standard InChI is InChI=1S/C26H34N4O4/c1-18(27)15-29-24(31)21-7-5-20(6-8-21)23-10-9-22(16-28-23)33-17-19-11-13-30(14-12-19)25(32)34-26(2,3)4/h5-10,16,19H,1,11-15,17,27H2,2-4H3,(H,29,31). The first-order valence-corrected chi connectivity index (χ1v) is 11.5. The third-order valence-corrected chi connectivity index (χ3v) is 5.41. The second kappa shape index (κ2) is 11.0. The molecule has 0 bridgehead atoms. The number of nitrogens with one attached hydrogen (secondary N) is 1. The van der Waals surface area contributed by atoms with E-state index in [1.807, 2.05) is 45.0 Å². The van der Waals surface area contributed by atoms with Gasteiger partial charge in [0.05, 0.1) is 25.0 Å². The van der Waals surface area contributed by atoms with Crippen molar-refractivity contribution in [1.82, 2.24) is 15.2 Å². The lowest BCUT2D eigenvalue weighted by Crippen LogP contribution is -2.42. The lowest BCUT2D eigenvalue weighted by molar-refractivity contribution is 0.0165. The predicted molar refractivity (Wildman–Crippen MR) is 131 cm³/mol. The number of amides is 2. The highest BCUT2D eigenvalue weighted by Crippen LogP contribution is 2.23. The molecule has 0 atom stereocenters. The molecule has 8 heteroatoms. The first-order chi connectivity index (χ1) is 16.1. The minimum Gasteiger partial charge on any atom is -0.492 e. The molecule has 2 aromatic rings. The fourth-order valence-corrected chi connectivity index (χ4v) is 3.55. The van der Waals surface area contributed by atoms with E-state index in [-0.39, 0.29) is 18.5 Å². The first kappa shape index (κ1) is 25.1. The van der Waals surface area contributed by atoms with Gasteiger partial charge in [0.1, 0.15) is 11.4 Å². The number of likely N-dealkylation sites (tertiary alicyclic amines) is 1. The average Bonchev–Trinajstić information content (AvgIpc) is 2.81. The summed E-state index contributed by atoms with van der Waals surface area (Å²) in [5.74, 6) is 0.886. The summed E-state index contributed by atoms with van der Waals surface area (Å²) in [7, 11) is 0. The molecule has 3 rings (SSSR count). The summed E-state index contributed by atoms with van der Waals surface area (Å²) in [6, 6.07) is 11.0. The number of benzene rings is 1. The minimum absolute atomic E-state index is 0.202. The summed E-state index contributed by atoms with van der Waals surface area (Å²) in [6.45, 7) is 11.4. The topological polar surface area (TPSA) is 107 Å². The second-order valence-corrected chi connectivity index (χ2v) is 9.52. The van der Waals surface area contributed by atoms with Crippen molar-refractivity contribution in [3.63, 3.8) is 0 Å². The van der Waals surface area contributed by atoms with Crippen molar-refractivity contribution in [3.05, 3.63) is 60.4 Å². The molecule has 0 unspecified atom stereocenters. The van der Waals surface area contributed by atoms with Crippen LogP contribution in [0.15, 0.2) is 54.9 Å². The van der Waals surface area contributed by atoms with Gasteiger partial charge in [-0.05, 0) is 63.8 Å². The molecule has 1 aromatic heterocycles. The van der Waals surface area contributed by atoms with Crippen LogP contribution >= 0.6 is 0 Å². The maximum absolute atomic E-state index is 12.2. The van der Waals surface area contributed by atoms with Gasteiger partial charge in [0.25, 0.3) is 5.91 Å². The number of pyridine rings is 1. The SMILES string of the molecule is C=C(N)CNC(=O)c1ccc(-c2ccc(OCC3CCN(C(=O)OC(C)(C)C)CC3)cn2)cc1. The molecule has 0 radical (unpaired) electrons. The number of nitrogens with zero attached hydrogens (tertiary/aromatic N) is 2. The van der Waals surface area contributed by atoms with Crippen LogP contribution in [0.5, 0.6) is 5.75 Å². The molecule has 1 fully saturated rings. The minimum atomic E-state index is -0.479. The summed E-state index contributed by atoms with van der Waals surface area (Å²) in [6.07, 6.45) is 3.22. The maximum atomic E-state index is 12.2. The van der Waals surface area contributed by atoms with Crippen molar-refractivity contribution in [2.24, 2.45) is 11.7 Å². The van der Waals surface area contributed by atoms with E-state index in [9.17, 15) is 9.59 Å². The van der Waals surface area contributed by atoms with Gasteiger partial charge in [-0.15, -0.1) is 0 Å². The number of hydrogen-bond donors (Lipinski definition) is 2. The molecule has 3 N–H and O–H groups in total. The summed E-state index contributed by atoms with van der Waals surface area (Å²) < 4.78 is 11.4. The molecular weight excluding hydrogens is 432 g/mol. The van der Waals surface area contributed by atoms with Crippen LogP contribution < -0.4 is 15.8 Å². The summed E-state index contributed by atoms with van der Waals surface area (Å²) in [4.78, 5) is 30.5. The summed E-state index contributed by atoms with van der Waals surface area (Å²) >= 11 is 0. The second-order valence-electron chi connectivity index (χ2n) is 9.52. The summed E-state index contributed by atoms with van der Waals surface area (Å²) in [5.41, 5.74) is 7.65. The highest BCUT2D eigenvalue weighted by Gasteiger charge is 2.27. The van der Waals surface area contributed by atoms with Crippen LogP contribution in [0, 0.1) is 5.92 Å². The molecular formula is C26H34N4O4. The number of carbonyl (C=O) groups is 2.